The number of carboxylic acid groups (broad SMARTS) is 1. The number of nitrogens with zero attached hydrogens (tertiary/aromatic N) is 1. The van der Waals surface area contributed by atoms with E-state index in [-0.39, 0.29) is 12.1 Å². The molecule has 1 fully saturated rings. The fraction of sp³-hybridized carbons (Fsp3) is 0.500. The van der Waals surface area contributed by atoms with Crippen molar-refractivity contribution >= 4 is 21.9 Å². The van der Waals surface area contributed by atoms with Crippen molar-refractivity contribution in [1.29, 1.82) is 0 Å². The molecule has 0 spiro atoms. The van der Waals surface area contributed by atoms with Crippen LogP contribution in [0, 0.1) is 0 Å². The molecule has 1 heterocycles. The molecule has 1 N–H and O–H groups in total. The summed E-state index contributed by atoms with van der Waals surface area (Å²) >= 11 is 3.57. The van der Waals surface area contributed by atoms with Gasteiger partial charge in [0, 0.05) is 10.5 Å². The molecule has 1 aliphatic rings. The molecule has 2 unspecified atom stereocenters. The minimum absolute atomic E-state index is 0.184. The first-order chi connectivity index (χ1) is 8.65. The van der Waals surface area contributed by atoms with Gasteiger partial charge in [0.25, 0.3) is 0 Å². The van der Waals surface area contributed by atoms with Gasteiger partial charge >= 0.3 is 5.97 Å². The van der Waals surface area contributed by atoms with Crippen molar-refractivity contribution in [3.8, 4) is 0 Å². The van der Waals surface area contributed by atoms with Crippen molar-refractivity contribution in [3.63, 3.8) is 0 Å². The Bertz CT molecular complexity index is 436. The SMILES string of the molecule is CCC(c1ccccc1Br)N1CCCC1C(=O)O. The van der Waals surface area contributed by atoms with Crippen molar-refractivity contribution < 1.29 is 9.90 Å². The lowest BCUT2D eigenvalue weighted by Gasteiger charge is -2.31. The second-order valence-corrected chi connectivity index (χ2v) is 5.53. The molecule has 18 heavy (non-hydrogen) atoms. The Morgan fingerprint density at radius 1 is 1.56 bits per heavy atom. The number of likely N-dealkylation sites (tertiary alicyclic amines) is 1. The monoisotopic (exact) mass is 311 g/mol. The number of carbonyl (C=O) groups is 1. The van der Waals surface area contributed by atoms with Gasteiger partial charge in [-0.25, -0.2) is 0 Å². The second kappa shape index (κ2) is 5.85. The quantitative estimate of drug-likeness (QED) is 0.926. The van der Waals surface area contributed by atoms with Gasteiger partial charge in [0.05, 0.1) is 0 Å². The predicted octanol–water partition coefficient (Wildman–Crippen LogP) is 3.45. The van der Waals surface area contributed by atoms with Crippen LogP contribution in [-0.4, -0.2) is 28.6 Å². The van der Waals surface area contributed by atoms with Crippen LogP contribution in [0.4, 0.5) is 0 Å². The van der Waals surface area contributed by atoms with E-state index in [1.807, 2.05) is 18.2 Å². The minimum atomic E-state index is -0.696. The van der Waals surface area contributed by atoms with Gasteiger partial charge in [-0.2, -0.15) is 0 Å². The van der Waals surface area contributed by atoms with Crippen LogP contribution >= 0.6 is 15.9 Å². The Morgan fingerprint density at radius 3 is 2.89 bits per heavy atom. The molecule has 0 amide bonds. The summed E-state index contributed by atoms with van der Waals surface area (Å²) < 4.78 is 1.06. The van der Waals surface area contributed by atoms with E-state index in [0.29, 0.717) is 0 Å². The summed E-state index contributed by atoms with van der Waals surface area (Å²) in [4.78, 5) is 13.4. The molecule has 1 aromatic rings. The van der Waals surface area contributed by atoms with Crippen molar-refractivity contribution in [1.82, 2.24) is 4.90 Å². The first kappa shape index (κ1) is 13.6. The standard InChI is InChI=1S/C14H18BrNO2/c1-2-12(10-6-3-4-7-11(10)15)16-9-5-8-13(16)14(17)18/h3-4,6-7,12-13H,2,5,8-9H2,1H3,(H,17,18). The maximum absolute atomic E-state index is 11.3. The molecule has 0 aromatic heterocycles. The highest BCUT2D eigenvalue weighted by Gasteiger charge is 2.35. The topological polar surface area (TPSA) is 40.5 Å². The van der Waals surface area contributed by atoms with Crippen LogP contribution in [0.2, 0.25) is 0 Å². The van der Waals surface area contributed by atoms with E-state index in [4.69, 9.17) is 0 Å². The lowest BCUT2D eigenvalue weighted by atomic mass is 10.0. The van der Waals surface area contributed by atoms with Gasteiger partial charge in [0.2, 0.25) is 0 Å². The van der Waals surface area contributed by atoms with E-state index in [0.717, 1.165) is 30.3 Å². The smallest absolute Gasteiger partial charge is 0.320 e. The van der Waals surface area contributed by atoms with E-state index in [9.17, 15) is 9.90 Å². The van der Waals surface area contributed by atoms with Crippen LogP contribution in [0.5, 0.6) is 0 Å². The Hall–Kier alpha value is -0.870. The van der Waals surface area contributed by atoms with Gasteiger partial charge < -0.3 is 5.11 Å². The van der Waals surface area contributed by atoms with Gasteiger partial charge in [-0.05, 0) is 37.4 Å². The van der Waals surface area contributed by atoms with E-state index < -0.39 is 5.97 Å². The van der Waals surface area contributed by atoms with Crippen LogP contribution in [0.15, 0.2) is 28.7 Å². The molecule has 2 rings (SSSR count). The summed E-state index contributed by atoms with van der Waals surface area (Å²) in [5.41, 5.74) is 1.19. The average Bonchev–Trinajstić information content (AvgIpc) is 2.82. The molecule has 1 aliphatic heterocycles. The van der Waals surface area contributed by atoms with Crippen LogP contribution < -0.4 is 0 Å². The van der Waals surface area contributed by atoms with Gasteiger partial charge in [-0.3, -0.25) is 9.69 Å². The number of aliphatic carboxylic acids is 1. The molecule has 1 aromatic carbocycles. The maximum atomic E-state index is 11.3. The highest BCUT2D eigenvalue weighted by atomic mass is 79.9. The molecule has 1 saturated heterocycles. The number of hydrogen-bond donors (Lipinski definition) is 1. The van der Waals surface area contributed by atoms with Crippen molar-refractivity contribution in [2.45, 2.75) is 38.3 Å². The van der Waals surface area contributed by atoms with Crippen LogP contribution in [0.3, 0.4) is 0 Å². The summed E-state index contributed by atoms with van der Waals surface area (Å²) in [7, 11) is 0. The zero-order valence-electron chi connectivity index (χ0n) is 10.5. The predicted molar refractivity (Wildman–Crippen MR) is 74.5 cm³/mol. The molecule has 0 saturated carbocycles. The molecule has 98 valence electrons. The first-order valence-electron chi connectivity index (χ1n) is 6.38. The van der Waals surface area contributed by atoms with E-state index in [1.165, 1.54) is 5.56 Å². The summed E-state index contributed by atoms with van der Waals surface area (Å²) in [6, 6.07) is 7.94. The third-order valence-corrected chi connectivity index (χ3v) is 4.35. The lowest BCUT2D eigenvalue weighted by molar-refractivity contribution is -0.143. The third kappa shape index (κ3) is 2.59. The molecule has 2 atom stereocenters. The normalized spacial score (nSPS) is 22.0. The van der Waals surface area contributed by atoms with Crippen LogP contribution in [-0.2, 0) is 4.79 Å². The molecule has 0 bridgehead atoms. The number of halogens is 1. The fourth-order valence-corrected chi connectivity index (χ4v) is 3.35. The van der Waals surface area contributed by atoms with E-state index >= 15 is 0 Å². The fourth-order valence-electron chi connectivity index (χ4n) is 2.81. The van der Waals surface area contributed by atoms with E-state index in [2.05, 4.69) is 33.8 Å². The van der Waals surface area contributed by atoms with E-state index in [1.54, 1.807) is 0 Å². The Morgan fingerprint density at radius 2 is 2.28 bits per heavy atom. The summed E-state index contributed by atoms with van der Waals surface area (Å²) in [5.74, 6) is -0.696. The van der Waals surface area contributed by atoms with Crippen molar-refractivity contribution in [2.24, 2.45) is 0 Å². The van der Waals surface area contributed by atoms with Gasteiger partial charge in [-0.15, -0.1) is 0 Å². The number of hydrogen-bond acceptors (Lipinski definition) is 2. The second-order valence-electron chi connectivity index (χ2n) is 4.68. The van der Waals surface area contributed by atoms with Crippen molar-refractivity contribution in [2.75, 3.05) is 6.54 Å². The van der Waals surface area contributed by atoms with Crippen LogP contribution in [0.1, 0.15) is 37.8 Å². The highest BCUT2D eigenvalue weighted by Crippen LogP contribution is 2.35. The van der Waals surface area contributed by atoms with Gasteiger partial charge in [-0.1, -0.05) is 41.1 Å². The lowest BCUT2D eigenvalue weighted by Crippen LogP contribution is -2.38. The summed E-state index contributed by atoms with van der Waals surface area (Å²) in [5, 5.41) is 9.29. The third-order valence-electron chi connectivity index (χ3n) is 3.63. The molecule has 3 nitrogen and oxygen atoms in total. The minimum Gasteiger partial charge on any atom is -0.480 e. The maximum Gasteiger partial charge on any atom is 0.320 e. The molecular formula is C14H18BrNO2. The molecule has 0 aliphatic carbocycles. The number of carboxylic acids is 1. The first-order valence-corrected chi connectivity index (χ1v) is 7.17. The Labute approximate surface area is 116 Å². The average molecular weight is 312 g/mol. The largest absolute Gasteiger partial charge is 0.480 e. The highest BCUT2D eigenvalue weighted by molar-refractivity contribution is 9.10. The molecule has 4 heteroatoms. The summed E-state index contributed by atoms with van der Waals surface area (Å²) in [6.45, 7) is 2.98. The summed E-state index contributed by atoms with van der Waals surface area (Å²) in [6.07, 6.45) is 2.65. The van der Waals surface area contributed by atoms with Gasteiger partial charge in [0.1, 0.15) is 6.04 Å². The zero-order chi connectivity index (χ0) is 13.1. The molecule has 0 radical (unpaired) electrons. The Kier molecular flexibility index (Phi) is 4.40. The van der Waals surface area contributed by atoms with Crippen LogP contribution in [0.25, 0.3) is 0 Å². The number of rotatable bonds is 4. The molecular weight excluding hydrogens is 294 g/mol. The van der Waals surface area contributed by atoms with Gasteiger partial charge in [0.15, 0.2) is 0 Å². The zero-order valence-corrected chi connectivity index (χ0v) is 12.1. The number of benzene rings is 1. The van der Waals surface area contributed by atoms with Crippen molar-refractivity contribution in [3.05, 3.63) is 34.3 Å². The Balaban J connectivity index is 2.29.